The number of aliphatic carboxylic acids is 1. The summed E-state index contributed by atoms with van der Waals surface area (Å²) < 4.78 is 45.6. The van der Waals surface area contributed by atoms with Gasteiger partial charge in [0.05, 0.1) is 39.5 Å². The quantitative estimate of drug-likeness (QED) is 0.360. The number of carbonyl (C=O) groups excluding carboxylic acids is 2. The summed E-state index contributed by atoms with van der Waals surface area (Å²) in [4.78, 5) is 41.1. The van der Waals surface area contributed by atoms with Crippen LogP contribution in [0.25, 0.3) is 5.57 Å². The number of rotatable bonds is 7. The Kier molecular flexibility index (Phi) is 7.91. The second kappa shape index (κ2) is 11.5. The number of carboxylic acid groups (broad SMARTS) is 1. The molecular formula is C32H33ClF3N5O4. The molecule has 3 aliphatic carbocycles. The van der Waals surface area contributed by atoms with Crippen LogP contribution in [0.1, 0.15) is 77.0 Å². The Bertz CT molecular complexity index is 1720. The number of hydrogen-bond donors (Lipinski definition) is 1. The number of fused-ring (bicyclic) bond motifs is 1. The number of benzene rings is 1. The average molecular weight is 644 g/mol. The number of hydrogen-bond acceptors (Lipinski definition) is 5. The van der Waals surface area contributed by atoms with Crippen LogP contribution in [0.5, 0.6) is 0 Å². The van der Waals surface area contributed by atoms with Crippen molar-refractivity contribution in [1.82, 2.24) is 24.5 Å². The molecule has 3 aliphatic rings. The van der Waals surface area contributed by atoms with Gasteiger partial charge in [0.1, 0.15) is 0 Å². The highest BCUT2D eigenvalue weighted by Gasteiger charge is 2.65. The van der Waals surface area contributed by atoms with Crippen molar-refractivity contribution in [2.45, 2.75) is 69.5 Å². The topological polar surface area (TPSA) is 110 Å². The minimum Gasteiger partial charge on any atom is -0.481 e. The summed E-state index contributed by atoms with van der Waals surface area (Å²) in [6.45, 7) is 0.347. The zero-order chi connectivity index (χ0) is 32.3. The van der Waals surface area contributed by atoms with Crippen LogP contribution >= 0.6 is 11.6 Å². The first-order valence-corrected chi connectivity index (χ1v) is 15.3. The van der Waals surface area contributed by atoms with Crippen molar-refractivity contribution in [3.8, 4) is 0 Å². The van der Waals surface area contributed by atoms with Crippen LogP contribution in [-0.2, 0) is 41.4 Å². The van der Waals surface area contributed by atoms with Gasteiger partial charge < -0.3 is 10.0 Å². The number of carbonyl (C=O) groups is 3. The third-order valence-corrected chi connectivity index (χ3v) is 9.78. The monoisotopic (exact) mass is 643 g/mol. The molecule has 45 heavy (non-hydrogen) atoms. The third kappa shape index (κ3) is 5.57. The number of halogens is 4. The molecule has 0 radical (unpaired) electrons. The standard InChI is InChI=1S/C32H33ClF3N5O4/c1-39(16-18-15-37-40(2)17-18)28(42)21-10-11-22-25(14-21)41(38-27(22)19-6-8-20(9-7-19)30(44)45)29(43)26-23(4-3-5-24(26)33)31(12-13-31)32(34,35)36/h3-6,15,17,20-21H,7-14,16H2,1-2H3,(H,44,45). The van der Waals surface area contributed by atoms with Crippen molar-refractivity contribution in [2.75, 3.05) is 7.05 Å². The van der Waals surface area contributed by atoms with Gasteiger partial charge in [-0.3, -0.25) is 19.1 Å². The van der Waals surface area contributed by atoms with Gasteiger partial charge in [-0.1, -0.05) is 29.8 Å². The third-order valence-electron chi connectivity index (χ3n) is 9.47. The van der Waals surface area contributed by atoms with Crippen LogP contribution in [0.3, 0.4) is 0 Å². The Labute approximate surface area is 262 Å². The molecule has 0 spiro atoms. The van der Waals surface area contributed by atoms with Gasteiger partial charge in [-0.05, 0) is 62.1 Å². The lowest BCUT2D eigenvalue weighted by Crippen LogP contribution is -2.36. The molecule has 0 saturated heterocycles. The second-order valence-electron chi connectivity index (χ2n) is 12.4. The number of carboxylic acids is 1. The Morgan fingerprint density at radius 3 is 2.49 bits per heavy atom. The maximum atomic E-state index is 14.3. The van der Waals surface area contributed by atoms with E-state index in [4.69, 9.17) is 16.7 Å². The number of aromatic nitrogens is 4. The molecule has 1 N–H and O–H groups in total. The van der Waals surface area contributed by atoms with Gasteiger partial charge in [0.2, 0.25) is 5.91 Å². The number of alkyl halides is 3. The van der Waals surface area contributed by atoms with E-state index < -0.39 is 35.3 Å². The molecule has 9 nitrogen and oxygen atoms in total. The number of nitrogens with zero attached hydrogens (tertiary/aromatic N) is 5. The molecule has 2 heterocycles. The first-order chi connectivity index (χ1) is 21.3. The number of aryl methyl sites for hydroxylation is 1. The van der Waals surface area contributed by atoms with Crippen molar-refractivity contribution in [1.29, 1.82) is 0 Å². The first kappa shape index (κ1) is 31.1. The molecule has 0 aliphatic heterocycles. The molecule has 2 atom stereocenters. The van der Waals surface area contributed by atoms with Crippen LogP contribution in [-0.4, -0.2) is 60.6 Å². The highest BCUT2D eigenvalue weighted by atomic mass is 35.5. The fraction of sp³-hybridized carbons (Fsp3) is 0.469. The zero-order valence-electron chi connectivity index (χ0n) is 24.9. The molecule has 6 rings (SSSR count). The maximum absolute atomic E-state index is 14.3. The zero-order valence-corrected chi connectivity index (χ0v) is 25.7. The lowest BCUT2D eigenvalue weighted by atomic mass is 9.82. The fourth-order valence-electron chi connectivity index (χ4n) is 6.82. The van der Waals surface area contributed by atoms with Gasteiger partial charge in [0.15, 0.2) is 0 Å². The summed E-state index contributed by atoms with van der Waals surface area (Å²) in [5, 5.41) is 18.2. The molecular weight excluding hydrogens is 611 g/mol. The smallest absolute Gasteiger partial charge is 0.398 e. The molecule has 3 aromatic rings. The first-order valence-electron chi connectivity index (χ1n) is 15.0. The largest absolute Gasteiger partial charge is 0.481 e. The van der Waals surface area contributed by atoms with Crippen molar-refractivity contribution < 1.29 is 32.7 Å². The predicted octanol–water partition coefficient (Wildman–Crippen LogP) is 5.58. The summed E-state index contributed by atoms with van der Waals surface area (Å²) in [7, 11) is 3.49. The van der Waals surface area contributed by atoms with E-state index in [1.165, 1.54) is 18.2 Å². The lowest BCUT2D eigenvalue weighted by Gasteiger charge is -2.27. The predicted molar refractivity (Wildman–Crippen MR) is 159 cm³/mol. The minimum absolute atomic E-state index is 0.0975. The van der Waals surface area contributed by atoms with Gasteiger partial charge in [0.25, 0.3) is 5.91 Å². The summed E-state index contributed by atoms with van der Waals surface area (Å²) in [6, 6.07) is 4.13. The number of allylic oxidation sites excluding steroid dienone is 2. The van der Waals surface area contributed by atoms with Crippen molar-refractivity contribution in [2.24, 2.45) is 18.9 Å². The summed E-state index contributed by atoms with van der Waals surface area (Å²) >= 11 is 6.48. The normalized spacial score (nSPS) is 20.7. The molecule has 238 valence electrons. The summed E-state index contributed by atoms with van der Waals surface area (Å²) in [6.07, 6.45) is 2.71. The van der Waals surface area contributed by atoms with Crippen LogP contribution in [0.4, 0.5) is 13.2 Å². The highest BCUT2D eigenvalue weighted by molar-refractivity contribution is 6.34. The van der Waals surface area contributed by atoms with E-state index in [2.05, 4.69) is 5.10 Å². The van der Waals surface area contributed by atoms with Gasteiger partial charge in [-0.25, -0.2) is 0 Å². The molecule has 13 heteroatoms. The minimum atomic E-state index is -4.56. The van der Waals surface area contributed by atoms with Gasteiger partial charge in [-0.2, -0.15) is 28.1 Å². The molecule has 2 unspecified atom stereocenters. The van der Waals surface area contributed by atoms with Gasteiger partial charge in [-0.15, -0.1) is 0 Å². The van der Waals surface area contributed by atoms with E-state index in [0.717, 1.165) is 21.4 Å². The number of amides is 1. The Morgan fingerprint density at radius 2 is 1.89 bits per heavy atom. The second-order valence-corrected chi connectivity index (χ2v) is 12.8. The van der Waals surface area contributed by atoms with E-state index in [-0.39, 0.29) is 41.3 Å². The van der Waals surface area contributed by atoms with Gasteiger partial charge in [0, 0.05) is 50.3 Å². The van der Waals surface area contributed by atoms with E-state index in [9.17, 15) is 32.7 Å². The van der Waals surface area contributed by atoms with Crippen molar-refractivity contribution >= 4 is 35.0 Å². The van der Waals surface area contributed by atoms with Crippen molar-refractivity contribution in [3.05, 3.63) is 75.3 Å². The lowest BCUT2D eigenvalue weighted by molar-refractivity contribution is -0.160. The molecule has 2 aromatic heterocycles. The van der Waals surface area contributed by atoms with Crippen LogP contribution in [0, 0.1) is 11.8 Å². The highest BCUT2D eigenvalue weighted by Crippen LogP contribution is 2.60. The molecule has 1 fully saturated rings. The molecule has 1 saturated carbocycles. The Balaban J connectivity index is 1.39. The summed E-state index contributed by atoms with van der Waals surface area (Å²) in [5.41, 5.74) is 0.858. The Hall–Kier alpha value is -3.93. The van der Waals surface area contributed by atoms with Crippen LogP contribution in [0.15, 0.2) is 36.7 Å². The summed E-state index contributed by atoms with van der Waals surface area (Å²) in [5.74, 6) is -2.78. The van der Waals surface area contributed by atoms with E-state index in [1.807, 2.05) is 12.3 Å². The molecule has 1 amide bonds. The van der Waals surface area contributed by atoms with E-state index in [1.54, 1.807) is 29.9 Å². The Morgan fingerprint density at radius 1 is 1.16 bits per heavy atom. The SMILES string of the molecule is CN(Cc1cnn(C)c1)C(=O)C1CCc2c(C3=CCC(C(=O)O)CC3)nn(C(=O)c3c(Cl)cccc3C3(C(F)(F)F)CC3)c2C1. The average Bonchev–Trinajstić information content (AvgIpc) is 3.61. The van der Waals surface area contributed by atoms with E-state index >= 15 is 0 Å². The fourth-order valence-corrected chi connectivity index (χ4v) is 7.07. The van der Waals surface area contributed by atoms with Crippen LogP contribution < -0.4 is 0 Å². The van der Waals surface area contributed by atoms with Gasteiger partial charge >= 0.3 is 12.1 Å². The molecule has 0 bridgehead atoms. The molecule has 1 aromatic carbocycles. The van der Waals surface area contributed by atoms with Crippen LogP contribution in [0.2, 0.25) is 5.02 Å². The van der Waals surface area contributed by atoms with E-state index in [0.29, 0.717) is 50.0 Å². The maximum Gasteiger partial charge on any atom is 0.398 e. The van der Waals surface area contributed by atoms with Crippen molar-refractivity contribution in [3.63, 3.8) is 0 Å².